The van der Waals surface area contributed by atoms with Gasteiger partial charge in [0.15, 0.2) is 5.76 Å². The number of halogens is 4. The Morgan fingerprint density at radius 2 is 1.77 bits per heavy atom. The summed E-state index contributed by atoms with van der Waals surface area (Å²) in [4.78, 5) is 16.0. The van der Waals surface area contributed by atoms with Gasteiger partial charge < -0.3 is 14.3 Å². The van der Waals surface area contributed by atoms with Crippen LogP contribution in [0.15, 0.2) is 59.0 Å². The number of carboxylic acid groups (broad SMARTS) is 1. The second-order valence-corrected chi connectivity index (χ2v) is 7.13. The van der Waals surface area contributed by atoms with Crippen LogP contribution >= 0.6 is 11.6 Å². The molecule has 0 aliphatic rings. The SMILES string of the molecule is Cc1ccc2nc(-c3ccc(-c4ccc(Cl)c(C(F)(F)F)c4)o3)cc(C(=O)[O-])c2c1. The Morgan fingerprint density at radius 3 is 2.47 bits per heavy atom. The maximum atomic E-state index is 13.1. The van der Waals surface area contributed by atoms with Gasteiger partial charge in [0, 0.05) is 16.5 Å². The zero-order valence-electron chi connectivity index (χ0n) is 15.4. The van der Waals surface area contributed by atoms with Crippen LogP contribution in [0.2, 0.25) is 5.02 Å². The smallest absolute Gasteiger partial charge is 0.417 e. The Bertz CT molecular complexity index is 1290. The molecule has 0 saturated carbocycles. The van der Waals surface area contributed by atoms with E-state index in [0.29, 0.717) is 10.9 Å². The Kier molecular flexibility index (Phi) is 4.78. The van der Waals surface area contributed by atoms with Gasteiger partial charge in [0.2, 0.25) is 0 Å². The standard InChI is InChI=1S/C22H13ClF3NO3/c1-11-2-5-17-13(8-11)14(21(28)29)10-18(27-17)20-7-6-19(30-20)12-3-4-16(23)15(9-12)22(24,25)26/h2-10H,1H3,(H,28,29)/p-1. The molecule has 2 heterocycles. The third-order valence-corrected chi connectivity index (χ3v) is 4.93. The number of aromatic nitrogens is 1. The van der Waals surface area contributed by atoms with E-state index in [2.05, 4.69) is 4.98 Å². The molecule has 2 aromatic carbocycles. The maximum Gasteiger partial charge on any atom is 0.417 e. The van der Waals surface area contributed by atoms with E-state index >= 15 is 0 Å². The Hall–Kier alpha value is -3.32. The first-order valence-corrected chi connectivity index (χ1v) is 9.11. The van der Waals surface area contributed by atoms with Crippen LogP contribution < -0.4 is 5.11 Å². The van der Waals surface area contributed by atoms with Crippen molar-refractivity contribution in [2.75, 3.05) is 0 Å². The van der Waals surface area contributed by atoms with Crippen LogP contribution in [0.5, 0.6) is 0 Å². The number of nitrogens with zero attached hydrogens (tertiary/aromatic N) is 1. The number of alkyl halides is 3. The van der Waals surface area contributed by atoms with Crippen LogP contribution in [0, 0.1) is 6.92 Å². The van der Waals surface area contributed by atoms with E-state index in [0.717, 1.165) is 17.7 Å². The zero-order chi connectivity index (χ0) is 21.6. The van der Waals surface area contributed by atoms with E-state index in [4.69, 9.17) is 16.0 Å². The van der Waals surface area contributed by atoms with Crippen LogP contribution in [0.1, 0.15) is 21.5 Å². The third-order valence-electron chi connectivity index (χ3n) is 4.60. The summed E-state index contributed by atoms with van der Waals surface area (Å²) >= 11 is 5.66. The molecular formula is C22H12ClF3NO3-. The molecule has 0 radical (unpaired) electrons. The molecule has 2 aromatic heterocycles. The van der Waals surface area contributed by atoms with Crippen LogP contribution in [-0.4, -0.2) is 11.0 Å². The molecule has 0 fully saturated rings. The van der Waals surface area contributed by atoms with Crippen molar-refractivity contribution in [1.29, 1.82) is 0 Å². The van der Waals surface area contributed by atoms with Crippen molar-refractivity contribution >= 4 is 28.5 Å². The maximum absolute atomic E-state index is 13.1. The molecule has 0 aliphatic heterocycles. The van der Waals surface area contributed by atoms with Crippen molar-refractivity contribution in [3.8, 4) is 22.8 Å². The van der Waals surface area contributed by atoms with Crippen molar-refractivity contribution in [3.05, 3.63) is 76.3 Å². The van der Waals surface area contributed by atoms with Gasteiger partial charge in [-0.2, -0.15) is 13.2 Å². The predicted octanol–water partition coefficient (Wildman–Crippen LogP) is 5.51. The third kappa shape index (κ3) is 3.64. The number of fused-ring (bicyclic) bond motifs is 1. The summed E-state index contributed by atoms with van der Waals surface area (Å²) in [6, 6.07) is 12.9. The van der Waals surface area contributed by atoms with Crippen molar-refractivity contribution in [2.24, 2.45) is 0 Å². The van der Waals surface area contributed by atoms with Gasteiger partial charge in [-0.15, -0.1) is 0 Å². The van der Waals surface area contributed by atoms with E-state index in [1.807, 2.05) is 6.92 Å². The summed E-state index contributed by atoms with van der Waals surface area (Å²) in [5.41, 5.74) is 0.668. The minimum absolute atomic E-state index is 0.0532. The van der Waals surface area contributed by atoms with Gasteiger partial charge in [0.25, 0.3) is 0 Å². The van der Waals surface area contributed by atoms with Crippen LogP contribution in [0.25, 0.3) is 33.7 Å². The molecule has 0 saturated heterocycles. The summed E-state index contributed by atoms with van der Waals surface area (Å²) in [5, 5.41) is 11.6. The number of carbonyl (C=O) groups excluding carboxylic acids is 1. The van der Waals surface area contributed by atoms with Crippen molar-refractivity contribution in [3.63, 3.8) is 0 Å². The average molecular weight is 431 g/mol. The lowest BCUT2D eigenvalue weighted by atomic mass is 10.0. The van der Waals surface area contributed by atoms with Gasteiger partial charge in [-0.3, -0.25) is 0 Å². The lowest BCUT2D eigenvalue weighted by Crippen LogP contribution is -2.22. The summed E-state index contributed by atoms with van der Waals surface area (Å²) in [5.74, 6) is -1.000. The number of carbonyl (C=O) groups is 1. The number of pyridine rings is 1. The fourth-order valence-electron chi connectivity index (χ4n) is 3.16. The predicted molar refractivity (Wildman–Crippen MR) is 104 cm³/mol. The number of aryl methyl sites for hydroxylation is 1. The molecule has 4 aromatic rings. The Balaban J connectivity index is 1.81. The first kappa shape index (κ1) is 20.0. The molecule has 0 spiro atoms. The van der Waals surface area contributed by atoms with Gasteiger partial charge >= 0.3 is 6.18 Å². The van der Waals surface area contributed by atoms with E-state index < -0.39 is 22.7 Å². The lowest BCUT2D eigenvalue weighted by molar-refractivity contribution is -0.254. The molecular weight excluding hydrogens is 419 g/mol. The van der Waals surface area contributed by atoms with Crippen molar-refractivity contribution < 1.29 is 27.5 Å². The number of benzene rings is 2. The molecule has 0 bridgehead atoms. The largest absolute Gasteiger partial charge is 0.545 e. The molecule has 30 heavy (non-hydrogen) atoms. The summed E-state index contributed by atoms with van der Waals surface area (Å²) in [6.07, 6.45) is -4.61. The summed E-state index contributed by atoms with van der Waals surface area (Å²) in [7, 11) is 0. The first-order valence-electron chi connectivity index (χ1n) is 8.73. The number of rotatable bonds is 3. The van der Waals surface area contributed by atoms with Crippen molar-refractivity contribution in [1.82, 2.24) is 4.98 Å². The van der Waals surface area contributed by atoms with Gasteiger partial charge in [0.05, 0.1) is 22.1 Å². The van der Waals surface area contributed by atoms with E-state index in [1.165, 1.54) is 24.3 Å². The highest BCUT2D eigenvalue weighted by molar-refractivity contribution is 6.31. The average Bonchev–Trinajstić information content (AvgIpc) is 3.16. The molecule has 0 aliphatic carbocycles. The molecule has 4 rings (SSSR count). The molecule has 4 nitrogen and oxygen atoms in total. The van der Waals surface area contributed by atoms with Gasteiger partial charge in [-0.1, -0.05) is 23.2 Å². The van der Waals surface area contributed by atoms with Gasteiger partial charge in [-0.25, -0.2) is 4.98 Å². The number of furan rings is 1. The highest BCUT2D eigenvalue weighted by atomic mass is 35.5. The van der Waals surface area contributed by atoms with E-state index in [-0.39, 0.29) is 28.3 Å². The Labute approximate surface area is 173 Å². The highest BCUT2D eigenvalue weighted by Gasteiger charge is 2.33. The monoisotopic (exact) mass is 430 g/mol. The molecule has 8 heteroatoms. The second-order valence-electron chi connectivity index (χ2n) is 6.72. The normalized spacial score (nSPS) is 11.8. The quantitative estimate of drug-likeness (QED) is 0.430. The molecule has 0 amide bonds. The number of carboxylic acids is 1. The number of hydrogen-bond acceptors (Lipinski definition) is 4. The van der Waals surface area contributed by atoms with Gasteiger partial charge in [-0.05, 0) is 55.5 Å². The van der Waals surface area contributed by atoms with Crippen molar-refractivity contribution in [2.45, 2.75) is 13.1 Å². The van der Waals surface area contributed by atoms with Crippen LogP contribution in [-0.2, 0) is 6.18 Å². The Morgan fingerprint density at radius 1 is 1.03 bits per heavy atom. The number of hydrogen-bond donors (Lipinski definition) is 0. The van der Waals surface area contributed by atoms with Crippen LogP contribution in [0.4, 0.5) is 13.2 Å². The lowest BCUT2D eigenvalue weighted by Gasteiger charge is -2.11. The fraction of sp³-hybridized carbons (Fsp3) is 0.0909. The van der Waals surface area contributed by atoms with Gasteiger partial charge in [0.1, 0.15) is 11.5 Å². The highest BCUT2D eigenvalue weighted by Crippen LogP contribution is 2.38. The zero-order valence-corrected chi connectivity index (χ0v) is 16.1. The molecule has 0 unspecified atom stereocenters. The fourth-order valence-corrected chi connectivity index (χ4v) is 3.39. The molecule has 0 atom stereocenters. The first-order chi connectivity index (χ1) is 14.1. The molecule has 0 N–H and O–H groups in total. The minimum Gasteiger partial charge on any atom is -0.545 e. The van der Waals surface area contributed by atoms with E-state index in [1.54, 1.807) is 18.2 Å². The number of aromatic carboxylic acids is 1. The van der Waals surface area contributed by atoms with E-state index in [9.17, 15) is 23.1 Å². The summed E-state index contributed by atoms with van der Waals surface area (Å²) < 4.78 is 45.1. The molecule has 152 valence electrons. The minimum atomic E-state index is -4.61. The summed E-state index contributed by atoms with van der Waals surface area (Å²) in [6.45, 7) is 1.83. The topological polar surface area (TPSA) is 66.2 Å². The second kappa shape index (κ2) is 7.18. The van der Waals surface area contributed by atoms with Crippen LogP contribution in [0.3, 0.4) is 0 Å².